The predicted molar refractivity (Wildman–Crippen MR) is 104 cm³/mol. The fourth-order valence-electron chi connectivity index (χ4n) is 3.58. The molecule has 0 aliphatic carbocycles. The smallest absolute Gasteiger partial charge is 0.220 e. The van der Waals surface area contributed by atoms with E-state index < -0.39 is 0 Å². The van der Waals surface area contributed by atoms with Gasteiger partial charge in [0, 0.05) is 26.0 Å². The van der Waals surface area contributed by atoms with E-state index in [-0.39, 0.29) is 29.3 Å². The van der Waals surface area contributed by atoms with Gasteiger partial charge >= 0.3 is 0 Å². The van der Waals surface area contributed by atoms with Gasteiger partial charge < -0.3 is 19.9 Å². The highest BCUT2D eigenvalue weighted by atomic mass is 16.5. The van der Waals surface area contributed by atoms with Crippen LogP contribution in [-0.2, 0) is 17.8 Å². The maximum Gasteiger partial charge on any atom is 0.220 e. The van der Waals surface area contributed by atoms with E-state index in [1.165, 1.54) is 6.92 Å². The minimum absolute atomic E-state index is 0.0531. The molecule has 0 radical (unpaired) electrons. The van der Waals surface area contributed by atoms with E-state index in [9.17, 15) is 9.59 Å². The van der Waals surface area contributed by atoms with Crippen molar-refractivity contribution in [1.29, 1.82) is 0 Å². The molecule has 150 valence electrons. The zero-order valence-electron chi connectivity index (χ0n) is 16.4. The molecule has 1 aromatic carbocycles. The number of nitrogens with one attached hydrogen (secondary N) is 2. The van der Waals surface area contributed by atoms with Crippen LogP contribution >= 0.6 is 0 Å². The summed E-state index contributed by atoms with van der Waals surface area (Å²) in [4.78, 5) is 23.8. The minimum Gasteiger partial charge on any atom is -0.497 e. The normalized spacial score (nSPS) is 19.2. The summed E-state index contributed by atoms with van der Waals surface area (Å²) in [6.45, 7) is 3.70. The molecule has 1 aliphatic heterocycles. The number of carbonyl (C=O) groups excluding carboxylic acids is 2. The van der Waals surface area contributed by atoms with Crippen LogP contribution in [0.3, 0.4) is 0 Å². The molecule has 2 atom stereocenters. The van der Waals surface area contributed by atoms with E-state index in [4.69, 9.17) is 9.26 Å². The summed E-state index contributed by atoms with van der Waals surface area (Å²) in [6.07, 6.45) is 2.12. The number of rotatable bonds is 8. The average Bonchev–Trinajstić information content (AvgIpc) is 3.17. The maximum absolute atomic E-state index is 12.5. The van der Waals surface area contributed by atoms with Gasteiger partial charge in [0.1, 0.15) is 5.75 Å². The summed E-state index contributed by atoms with van der Waals surface area (Å²) in [5, 5.41) is 10.4. The van der Waals surface area contributed by atoms with Crippen LogP contribution in [-0.4, -0.2) is 37.0 Å². The lowest BCUT2D eigenvalue weighted by atomic mass is 9.81. The average molecular weight is 385 g/mol. The number of hydrogen-bond donors (Lipinski definition) is 2. The zero-order valence-corrected chi connectivity index (χ0v) is 16.4. The van der Waals surface area contributed by atoms with E-state index >= 15 is 0 Å². The van der Waals surface area contributed by atoms with Gasteiger partial charge in [-0.25, -0.2) is 0 Å². The number of nitrogens with zero attached hydrogens (tertiary/aromatic N) is 1. The van der Waals surface area contributed by atoms with Crippen LogP contribution in [0, 0.1) is 11.8 Å². The molecule has 2 unspecified atom stereocenters. The van der Waals surface area contributed by atoms with Crippen LogP contribution in [0.4, 0.5) is 0 Å². The van der Waals surface area contributed by atoms with Gasteiger partial charge in [-0.15, -0.1) is 0 Å². The molecule has 0 spiro atoms. The molecule has 1 aromatic heterocycles. The van der Waals surface area contributed by atoms with Gasteiger partial charge in [0.15, 0.2) is 5.78 Å². The number of ketones is 1. The second-order valence-corrected chi connectivity index (χ2v) is 7.28. The third-order valence-electron chi connectivity index (χ3n) is 5.24. The second-order valence-electron chi connectivity index (χ2n) is 7.28. The number of methoxy groups -OCH3 is 1. The second kappa shape index (κ2) is 9.50. The molecule has 0 bridgehead atoms. The summed E-state index contributed by atoms with van der Waals surface area (Å²) < 4.78 is 10.2. The summed E-state index contributed by atoms with van der Waals surface area (Å²) in [5.41, 5.74) is 1.80. The molecular weight excluding hydrogens is 358 g/mol. The Morgan fingerprint density at radius 3 is 2.75 bits per heavy atom. The van der Waals surface area contributed by atoms with Crippen LogP contribution in [0.15, 0.2) is 34.9 Å². The molecule has 1 aliphatic rings. The minimum atomic E-state index is -0.130. The Labute approximate surface area is 164 Å². The number of Topliss-reactive ketones (excluding diaryl/α,β-unsaturated/α-hetero) is 1. The van der Waals surface area contributed by atoms with E-state index in [1.54, 1.807) is 13.2 Å². The number of carbonyl (C=O) groups is 2. The standard InChI is InChI=1S/C21H27N3O4/c1-14(25)20-11-18(24-28-20)9-17-13-22-8-7-16(17)10-21(26)23-12-15-3-5-19(27-2)6-4-15/h3-6,11,16-17,22H,7-10,12-13H2,1-2H3,(H,23,26). The molecule has 7 nitrogen and oxygen atoms in total. The maximum atomic E-state index is 12.5. The van der Waals surface area contributed by atoms with Crippen molar-refractivity contribution in [3.63, 3.8) is 0 Å². The van der Waals surface area contributed by atoms with E-state index in [0.717, 1.165) is 36.5 Å². The van der Waals surface area contributed by atoms with Gasteiger partial charge in [0.2, 0.25) is 11.7 Å². The van der Waals surface area contributed by atoms with Crippen LogP contribution in [0.1, 0.15) is 41.6 Å². The molecule has 1 saturated heterocycles. The summed E-state index contributed by atoms with van der Waals surface area (Å²) in [6, 6.07) is 9.38. The molecule has 28 heavy (non-hydrogen) atoms. The number of ether oxygens (including phenoxy) is 1. The molecule has 2 heterocycles. The number of hydrogen-bond acceptors (Lipinski definition) is 6. The highest BCUT2D eigenvalue weighted by molar-refractivity contribution is 5.91. The van der Waals surface area contributed by atoms with Crippen LogP contribution in [0.5, 0.6) is 5.75 Å². The monoisotopic (exact) mass is 385 g/mol. The van der Waals surface area contributed by atoms with E-state index in [2.05, 4.69) is 15.8 Å². The zero-order chi connectivity index (χ0) is 19.9. The Balaban J connectivity index is 1.52. The summed E-state index contributed by atoms with van der Waals surface area (Å²) in [5.74, 6) is 1.56. The summed E-state index contributed by atoms with van der Waals surface area (Å²) in [7, 11) is 1.63. The topological polar surface area (TPSA) is 93.5 Å². The van der Waals surface area contributed by atoms with Gasteiger partial charge in [-0.1, -0.05) is 17.3 Å². The first-order valence-corrected chi connectivity index (χ1v) is 9.62. The Bertz CT molecular complexity index is 800. The SMILES string of the molecule is COc1ccc(CNC(=O)CC2CCNCC2Cc2cc(C(C)=O)on2)cc1. The molecular formula is C21H27N3O4. The van der Waals surface area contributed by atoms with Crippen molar-refractivity contribution in [2.75, 3.05) is 20.2 Å². The predicted octanol–water partition coefficient (Wildman–Crippen LogP) is 2.36. The molecule has 2 aromatic rings. The molecule has 1 fully saturated rings. The Kier molecular flexibility index (Phi) is 6.81. The quantitative estimate of drug-likeness (QED) is 0.678. The Hall–Kier alpha value is -2.67. The number of amides is 1. The highest BCUT2D eigenvalue weighted by Gasteiger charge is 2.28. The van der Waals surface area contributed by atoms with Gasteiger partial charge in [-0.05, 0) is 55.5 Å². The van der Waals surface area contributed by atoms with Gasteiger partial charge in [0.25, 0.3) is 0 Å². The molecule has 1 amide bonds. The third kappa shape index (κ3) is 5.42. The van der Waals surface area contributed by atoms with Crippen molar-refractivity contribution in [2.45, 2.75) is 32.7 Å². The van der Waals surface area contributed by atoms with Gasteiger partial charge in [0.05, 0.1) is 12.8 Å². The van der Waals surface area contributed by atoms with Crippen LogP contribution in [0.2, 0.25) is 0 Å². The summed E-state index contributed by atoms with van der Waals surface area (Å²) >= 11 is 0. The number of piperidine rings is 1. The molecule has 2 N–H and O–H groups in total. The van der Waals surface area contributed by atoms with E-state index in [0.29, 0.717) is 19.4 Å². The number of aromatic nitrogens is 1. The van der Waals surface area contributed by atoms with Crippen molar-refractivity contribution >= 4 is 11.7 Å². The lowest BCUT2D eigenvalue weighted by Gasteiger charge is -2.31. The van der Waals surface area contributed by atoms with Crippen LogP contribution in [0.25, 0.3) is 0 Å². The lowest BCUT2D eigenvalue weighted by molar-refractivity contribution is -0.122. The van der Waals surface area contributed by atoms with E-state index in [1.807, 2.05) is 24.3 Å². The van der Waals surface area contributed by atoms with Crippen molar-refractivity contribution in [2.24, 2.45) is 11.8 Å². The van der Waals surface area contributed by atoms with Crippen LogP contribution < -0.4 is 15.4 Å². The highest BCUT2D eigenvalue weighted by Crippen LogP contribution is 2.26. The Morgan fingerprint density at radius 1 is 1.29 bits per heavy atom. The largest absolute Gasteiger partial charge is 0.497 e. The first-order chi connectivity index (χ1) is 13.5. The first kappa shape index (κ1) is 20.1. The lowest BCUT2D eigenvalue weighted by Crippen LogP contribution is -2.40. The first-order valence-electron chi connectivity index (χ1n) is 9.62. The van der Waals surface area contributed by atoms with Crippen molar-refractivity contribution in [3.05, 3.63) is 47.3 Å². The third-order valence-corrected chi connectivity index (χ3v) is 5.24. The van der Waals surface area contributed by atoms with Crippen molar-refractivity contribution in [1.82, 2.24) is 15.8 Å². The fourth-order valence-corrected chi connectivity index (χ4v) is 3.58. The van der Waals surface area contributed by atoms with Crippen molar-refractivity contribution in [3.8, 4) is 5.75 Å². The molecule has 7 heteroatoms. The molecule has 3 rings (SSSR count). The Morgan fingerprint density at radius 2 is 2.07 bits per heavy atom. The number of benzene rings is 1. The molecule has 0 saturated carbocycles. The van der Waals surface area contributed by atoms with Gasteiger partial charge in [-0.3, -0.25) is 9.59 Å². The van der Waals surface area contributed by atoms with Crippen molar-refractivity contribution < 1.29 is 18.8 Å². The van der Waals surface area contributed by atoms with Gasteiger partial charge in [-0.2, -0.15) is 0 Å². The fraction of sp³-hybridized carbons (Fsp3) is 0.476.